The van der Waals surface area contributed by atoms with Crippen LogP contribution in [0.25, 0.3) is 10.8 Å². The van der Waals surface area contributed by atoms with Crippen LogP contribution in [-0.4, -0.2) is 5.97 Å². The van der Waals surface area contributed by atoms with Crippen molar-refractivity contribution in [1.29, 1.82) is 0 Å². The standard InChI is InChI=1S/C13H11NO2/c1-2-13(15)16-12-6-4-9-7-11(14)5-3-10(9)8-12/h2-8H,1,14H2. The molecule has 2 rings (SSSR count). The van der Waals surface area contributed by atoms with E-state index in [2.05, 4.69) is 6.58 Å². The fourth-order valence-electron chi connectivity index (χ4n) is 1.46. The Hall–Kier alpha value is -2.29. The first-order valence-corrected chi connectivity index (χ1v) is 4.82. The van der Waals surface area contributed by atoms with Crippen molar-refractivity contribution in [2.24, 2.45) is 0 Å². The van der Waals surface area contributed by atoms with Crippen molar-refractivity contribution in [3.05, 3.63) is 49.1 Å². The van der Waals surface area contributed by atoms with Gasteiger partial charge >= 0.3 is 5.97 Å². The number of nitrogen functional groups attached to an aromatic ring is 1. The molecule has 0 heterocycles. The number of esters is 1. The molecule has 0 aromatic heterocycles. The summed E-state index contributed by atoms with van der Waals surface area (Å²) in [6.45, 7) is 3.34. The van der Waals surface area contributed by atoms with Gasteiger partial charge in [0.1, 0.15) is 5.75 Å². The molecule has 2 N–H and O–H groups in total. The van der Waals surface area contributed by atoms with E-state index in [0.29, 0.717) is 11.4 Å². The number of anilines is 1. The summed E-state index contributed by atoms with van der Waals surface area (Å²) in [4.78, 5) is 11.0. The molecule has 80 valence electrons. The van der Waals surface area contributed by atoms with E-state index in [0.717, 1.165) is 16.8 Å². The molecule has 0 fully saturated rings. The zero-order valence-electron chi connectivity index (χ0n) is 8.64. The second-order valence-electron chi connectivity index (χ2n) is 3.39. The molecule has 0 saturated carbocycles. The Kier molecular flexibility index (Phi) is 2.60. The van der Waals surface area contributed by atoms with Crippen LogP contribution in [0.4, 0.5) is 5.69 Å². The fraction of sp³-hybridized carbons (Fsp3) is 0. The molecule has 2 aromatic rings. The molecule has 0 amide bonds. The summed E-state index contributed by atoms with van der Waals surface area (Å²) in [5.41, 5.74) is 6.38. The van der Waals surface area contributed by atoms with E-state index < -0.39 is 5.97 Å². The number of benzene rings is 2. The van der Waals surface area contributed by atoms with E-state index in [1.54, 1.807) is 18.2 Å². The summed E-state index contributed by atoms with van der Waals surface area (Å²) in [5.74, 6) is 0.0389. The molecular weight excluding hydrogens is 202 g/mol. The predicted molar refractivity (Wildman–Crippen MR) is 64.2 cm³/mol. The smallest absolute Gasteiger partial charge is 0.335 e. The van der Waals surface area contributed by atoms with Crippen molar-refractivity contribution < 1.29 is 9.53 Å². The van der Waals surface area contributed by atoms with Gasteiger partial charge in [0.25, 0.3) is 0 Å². The van der Waals surface area contributed by atoms with Gasteiger partial charge in [0.15, 0.2) is 0 Å². The van der Waals surface area contributed by atoms with E-state index in [9.17, 15) is 4.79 Å². The van der Waals surface area contributed by atoms with Crippen molar-refractivity contribution in [2.45, 2.75) is 0 Å². The van der Waals surface area contributed by atoms with E-state index in [1.807, 2.05) is 18.2 Å². The monoisotopic (exact) mass is 213 g/mol. The maximum atomic E-state index is 11.0. The third kappa shape index (κ3) is 2.03. The Morgan fingerprint density at radius 2 is 1.88 bits per heavy atom. The molecule has 0 radical (unpaired) electrons. The highest BCUT2D eigenvalue weighted by atomic mass is 16.5. The van der Waals surface area contributed by atoms with Gasteiger partial charge < -0.3 is 10.5 Å². The molecule has 0 spiro atoms. The van der Waals surface area contributed by atoms with Crippen LogP contribution in [0.2, 0.25) is 0 Å². The lowest BCUT2D eigenvalue weighted by Crippen LogP contribution is -2.02. The van der Waals surface area contributed by atoms with E-state index in [4.69, 9.17) is 10.5 Å². The van der Waals surface area contributed by atoms with Crippen LogP contribution in [0, 0.1) is 0 Å². The first-order chi connectivity index (χ1) is 7.69. The maximum Gasteiger partial charge on any atom is 0.335 e. The van der Waals surface area contributed by atoms with Gasteiger partial charge in [-0.25, -0.2) is 4.79 Å². The Morgan fingerprint density at radius 1 is 1.19 bits per heavy atom. The number of hydrogen-bond donors (Lipinski definition) is 1. The molecule has 0 aliphatic carbocycles. The van der Waals surface area contributed by atoms with E-state index >= 15 is 0 Å². The highest BCUT2D eigenvalue weighted by molar-refractivity contribution is 5.88. The molecular formula is C13H11NO2. The van der Waals surface area contributed by atoms with Crippen molar-refractivity contribution >= 4 is 22.4 Å². The van der Waals surface area contributed by atoms with Gasteiger partial charge in [-0.15, -0.1) is 0 Å². The number of hydrogen-bond acceptors (Lipinski definition) is 3. The van der Waals surface area contributed by atoms with Gasteiger partial charge in [0.05, 0.1) is 0 Å². The number of ether oxygens (including phenoxy) is 1. The minimum absolute atomic E-state index is 0.463. The lowest BCUT2D eigenvalue weighted by Gasteiger charge is -2.04. The van der Waals surface area contributed by atoms with Crippen molar-refractivity contribution in [1.82, 2.24) is 0 Å². The molecule has 3 heteroatoms. The van der Waals surface area contributed by atoms with E-state index in [1.165, 1.54) is 0 Å². The van der Waals surface area contributed by atoms with Gasteiger partial charge in [-0.05, 0) is 35.0 Å². The molecule has 0 atom stereocenters. The van der Waals surface area contributed by atoms with Crippen molar-refractivity contribution in [2.75, 3.05) is 5.73 Å². The van der Waals surface area contributed by atoms with Gasteiger partial charge in [-0.3, -0.25) is 0 Å². The Balaban J connectivity index is 2.40. The van der Waals surface area contributed by atoms with Crippen LogP contribution in [-0.2, 0) is 4.79 Å². The Labute approximate surface area is 93.1 Å². The predicted octanol–water partition coefficient (Wildman–Crippen LogP) is 2.51. The van der Waals surface area contributed by atoms with Gasteiger partial charge in [-0.1, -0.05) is 18.7 Å². The van der Waals surface area contributed by atoms with Gasteiger partial charge in [0, 0.05) is 11.8 Å². The molecule has 3 nitrogen and oxygen atoms in total. The molecule has 0 unspecified atom stereocenters. The second-order valence-corrected chi connectivity index (χ2v) is 3.39. The molecule has 0 bridgehead atoms. The summed E-state index contributed by atoms with van der Waals surface area (Å²) in [7, 11) is 0. The zero-order valence-corrected chi connectivity index (χ0v) is 8.64. The van der Waals surface area contributed by atoms with Crippen LogP contribution < -0.4 is 10.5 Å². The summed E-state index contributed by atoms with van der Waals surface area (Å²) >= 11 is 0. The topological polar surface area (TPSA) is 52.3 Å². The first-order valence-electron chi connectivity index (χ1n) is 4.82. The third-order valence-electron chi connectivity index (χ3n) is 2.22. The molecule has 16 heavy (non-hydrogen) atoms. The molecule has 0 saturated heterocycles. The summed E-state index contributed by atoms with van der Waals surface area (Å²) in [6.07, 6.45) is 1.13. The van der Waals surface area contributed by atoms with Crippen LogP contribution in [0.5, 0.6) is 5.75 Å². The minimum atomic E-state index is -0.463. The first kappa shape index (κ1) is 10.2. The SMILES string of the molecule is C=CC(=O)Oc1ccc2cc(N)ccc2c1. The number of carbonyl (C=O) groups excluding carboxylic acids is 1. The number of nitrogens with two attached hydrogens (primary N) is 1. The Morgan fingerprint density at radius 3 is 2.62 bits per heavy atom. The second kappa shape index (κ2) is 4.06. The van der Waals surface area contributed by atoms with Gasteiger partial charge in [-0.2, -0.15) is 0 Å². The summed E-state index contributed by atoms with van der Waals surface area (Å²) in [5, 5.41) is 1.99. The molecule has 0 aliphatic heterocycles. The average Bonchev–Trinajstić information content (AvgIpc) is 2.29. The lowest BCUT2D eigenvalue weighted by molar-refractivity contribution is -0.128. The number of carbonyl (C=O) groups is 1. The molecule has 2 aromatic carbocycles. The number of fused-ring (bicyclic) bond motifs is 1. The van der Waals surface area contributed by atoms with Gasteiger partial charge in [0.2, 0.25) is 0 Å². The van der Waals surface area contributed by atoms with Crippen LogP contribution >= 0.6 is 0 Å². The van der Waals surface area contributed by atoms with Crippen LogP contribution in [0.3, 0.4) is 0 Å². The highest BCUT2D eigenvalue weighted by Crippen LogP contribution is 2.22. The Bertz CT molecular complexity index is 561. The van der Waals surface area contributed by atoms with Crippen LogP contribution in [0.1, 0.15) is 0 Å². The summed E-state index contributed by atoms with van der Waals surface area (Å²) in [6, 6.07) is 10.9. The lowest BCUT2D eigenvalue weighted by atomic mass is 10.1. The van der Waals surface area contributed by atoms with E-state index in [-0.39, 0.29) is 0 Å². The normalized spacial score (nSPS) is 10.0. The minimum Gasteiger partial charge on any atom is -0.423 e. The zero-order chi connectivity index (χ0) is 11.5. The average molecular weight is 213 g/mol. The fourth-order valence-corrected chi connectivity index (χ4v) is 1.46. The largest absolute Gasteiger partial charge is 0.423 e. The highest BCUT2D eigenvalue weighted by Gasteiger charge is 2.01. The van der Waals surface area contributed by atoms with Crippen LogP contribution in [0.15, 0.2) is 49.1 Å². The number of rotatable bonds is 2. The third-order valence-corrected chi connectivity index (χ3v) is 2.22. The van der Waals surface area contributed by atoms with Crippen molar-refractivity contribution in [3.8, 4) is 5.75 Å². The quantitative estimate of drug-likeness (QED) is 0.361. The maximum absolute atomic E-state index is 11.0. The molecule has 0 aliphatic rings. The van der Waals surface area contributed by atoms with Crippen molar-refractivity contribution in [3.63, 3.8) is 0 Å². The summed E-state index contributed by atoms with van der Waals surface area (Å²) < 4.78 is 5.01.